The largest absolute Gasteiger partial charge is 0.494 e. The third-order valence-electron chi connectivity index (χ3n) is 3.26. The third kappa shape index (κ3) is 3.73. The Balaban J connectivity index is 2.11. The lowest BCUT2D eigenvalue weighted by molar-refractivity contribution is 0.309. The number of rotatable bonds is 6. The van der Waals surface area contributed by atoms with Crippen LogP contribution in [0.15, 0.2) is 36.4 Å². The molecule has 2 aromatic rings. The minimum absolute atomic E-state index is 0.503. The number of pyridine rings is 1. The van der Waals surface area contributed by atoms with Crippen molar-refractivity contribution in [2.75, 3.05) is 6.61 Å². The molecule has 1 aromatic heterocycles. The average Bonchev–Trinajstić information content (AvgIpc) is 2.48. The first-order valence-corrected chi connectivity index (χ1v) is 7.53. The molecule has 1 aromatic carbocycles. The summed E-state index contributed by atoms with van der Waals surface area (Å²) in [6.07, 6.45) is 2.23. The van der Waals surface area contributed by atoms with E-state index in [0.29, 0.717) is 5.88 Å². The van der Waals surface area contributed by atoms with Crippen LogP contribution in [0.3, 0.4) is 0 Å². The molecule has 0 saturated heterocycles. The van der Waals surface area contributed by atoms with E-state index in [4.69, 9.17) is 16.3 Å². The van der Waals surface area contributed by atoms with Gasteiger partial charge in [0, 0.05) is 17.1 Å². The SMILES string of the molecule is CCCCOc1ccc(-c2ccc(CCl)c(C)n2)cc1. The third-order valence-corrected chi connectivity index (χ3v) is 3.54. The summed E-state index contributed by atoms with van der Waals surface area (Å²) < 4.78 is 5.66. The number of aryl methyl sites for hydroxylation is 1. The van der Waals surface area contributed by atoms with Crippen molar-refractivity contribution in [3.05, 3.63) is 47.7 Å². The van der Waals surface area contributed by atoms with Gasteiger partial charge in [0.05, 0.1) is 12.3 Å². The van der Waals surface area contributed by atoms with E-state index in [1.54, 1.807) is 0 Å². The molecule has 0 aliphatic rings. The maximum absolute atomic E-state index is 5.86. The van der Waals surface area contributed by atoms with Crippen molar-refractivity contribution in [3.63, 3.8) is 0 Å². The van der Waals surface area contributed by atoms with Crippen LogP contribution in [0.4, 0.5) is 0 Å². The van der Waals surface area contributed by atoms with E-state index in [2.05, 4.69) is 11.9 Å². The summed E-state index contributed by atoms with van der Waals surface area (Å²) in [5, 5.41) is 0. The molecule has 0 aliphatic carbocycles. The van der Waals surface area contributed by atoms with Crippen molar-refractivity contribution < 1.29 is 4.74 Å². The quantitative estimate of drug-likeness (QED) is 0.553. The molecule has 0 aliphatic heterocycles. The van der Waals surface area contributed by atoms with E-state index in [1.165, 1.54) is 0 Å². The maximum atomic E-state index is 5.86. The van der Waals surface area contributed by atoms with Gasteiger partial charge in [-0.1, -0.05) is 19.4 Å². The minimum Gasteiger partial charge on any atom is -0.494 e. The van der Waals surface area contributed by atoms with Crippen LogP contribution in [-0.2, 0) is 5.88 Å². The van der Waals surface area contributed by atoms with Crippen molar-refractivity contribution in [1.29, 1.82) is 0 Å². The van der Waals surface area contributed by atoms with Crippen molar-refractivity contribution in [2.24, 2.45) is 0 Å². The first-order valence-electron chi connectivity index (χ1n) is 7.00. The van der Waals surface area contributed by atoms with E-state index in [9.17, 15) is 0 Å². The summed E-state index contributed by atoms with van der Waals surface area (Å²) in [6, 6.07) is 12.1. The molecule has 0 saturated carbocycles. The zero-order chi connectivity index (χ0) is 14.4. The fourth-order valence-electron chi connectivity index (χ4n) is 1.95. The molecule has 0 spiro atoms. The first kappa shape index (κ1) is 14.9. The van der Waals surface area contributed by atoms with Crippen molar-refractivity contribution in [1.82, 2.24) is 4.98 Å². The molecule has 0 N–H and O–H groups in total. The van der Waals surface area contributed by atoms with Crippen LogP contribution in [0.5, 0.6) is 5.75 Å². The smallest absolute Gasteiger partial charge is 0.119 e. The summed E-state index contributed by atoms with van der Waals surface area (Å²) in [6.45, 7) is 4.92. The summed E-state index contributed by atoms with van der Waals surface area (Å²) in [7, 11) is 0. The molecule has 0 atom stereocenters. The van der Waals surface area contributed by atoms with Crippen molar-refractivity contribution in [3.8, 4) is 17.0 Å². The van der Waals surface area contributed by atoms with Crippen LogP contribution >= 0.6 is 11.6 Å². The molecule has 0 unspecified atom stereocenters. The summed E-state index contributed by atoms with van der Waals surface area (Å²) >= 11 is 5.86. The summed E-state index contributed by atoms with van der Waals surface area (Å²) in [4.78, 5) is 4.59. The lowest BCUT2D eigenvalue weighted by Gasteiger charge is -2.08. The Morgan fingerprint density at radius 3 is 2.45 bits per heavy atom. The van der Waals surface area contributed by atoms with Gasteiger partial charge in [-0.15, -0.1) is 11.6 Å². The molecule has 3 heteroatoms. The van der Waals surface area contributed by atoms with Crippen LogP contribution < -0.4 is 4.74 Å². The fourth-order valence-corrected chi connectivity index (χ4v) is 2.23. The highest BCUT2D eigenvalue weighted by atomic mass is 35.5. The van der Waals surface area contributed by atoms with Gasteiger partial charge >= 0.3 is 0 Å². The Morgan fingerprint density at radius 1 is 1.10 bits per heavy atom. The Kier molecular flexibility index (Phi) is 5.42. The standard InChI is InChI=1S/C17H20ClNO/c1-3-4-11-20-16-8-5-14(6-9-16)17-10-7-15(12-18)13(2)19-17/h5-10H,3-4,11-12H2,1-2H3. The number of nitrogens with zero attached hydrogens (tertiary/aromatic N) is 1. The predicted molar refractivity (Wildman–Crippen MR) is 84.4 cm³/mol. The molecule has 20 heavy (non-hydrogen) atoms. The van der Waals surface area contributed by atoms with Crippen LogP contribution in [0.25, 0.3) is 11.3 Å². The average molecular weight is 290 g/mol. The summed E-state index contributed by atoms with van der Waals surface area (Å²) in [5.41, 5.74) is 4.13. The van der Waals surface area contributed by atoms with Crippen LogP contribution in [0, 0.1) is 6.92 Å². The number of hydrogen-bond acceptors (Lipinski definition) is 2. The number of unbranched alkanes of at least 4 members (excludes halogenated alkanes) is 1. The number of halogens is 1. The van der Waals surface area contributed by atoms with Crippen LogP contribution in [-0.4, -0.2) is 11.6 Å². The lowest BCUT2D eigenvalue weighted by Crippen LogP contribution is -1.96. The Morgan fingerprint density at radius 2 is 1.85 bits per heavy atom. The van der Waals surface area contributed by atoms with Gasteiger partial charge in [0.2, 0.25) is 0 Å². The molecule has 0 fully saturated rings. The van der Waals surface area contributed by atoms with Gasteiger partial charge in [0.1, 0.15) is 5.75 Å². The topological polar surface area (TPSA) is 22.1 Å². The number of alkyl halides is 1. The molecule has 0 amide bonds. The van der Waals surface area contributed by atoms with Gasteiger partial charge in [0.25, 0.3) is 0 Å². The van der Waals surface area contributed by atoms with Crippen molar-refractivity contribution >= 4 is 11.6 Å². The normalized spacial score (nSPS) is 10.6. The molecule has 0 radical (unpaired) electrons. The molecule has 106 valence electrons. The monoisotopic (exact) mass is 289 g/mol. The highest BCUT2D eigenvalue weighted by molar-refractivity contribution is 6.17. The second-order valence-electron chi connectivity index (χ2n) is 4.80. The predicted octanol–water partition coefficient (Wildman–Crippen LogP) is 4.97. The van der Waals surface area contributed by atoms with Gasteiger partial charge in [-0.2, -0.15) is 0 Å². The fraction of sp³-hybridized carbons (Fsp3) is 0.353. The number of hydrogen-bond donors (Lipinski definition) is 0. The molecule has 2 nitrogen and oxygen atoms in total. The van der Waals surface area contributed by atoms with Gasteiger partial charge in [-0.05, 0) is 49.2 Å². The van der Waals surface area contributed by atoms with Crippen LogP contribution in [0.2, 0.25) is 0 Å². The van der Waals surface area contributed by atoms with E-state index in [-0.39, 0.29) is 0 Å². The second-order valence-corrected chi connectivity index (χ2v) is 5.07. The van der Waals surface area contributed by atoms with E-state index < -0.39 is 0 Å². The molecular formula is C17H20ClNO. The van der Waals surface area contributed by atoms with Gasteiger partial charge in [-0.25, -0.2) is 0 Å². The minimum atomic E-state index is 0.503. The Bertz CT molecular complexity index is 551. The van der Waals surface area contributed by atoms with Gasteiger partial charge < -0.3 is 4.74 Å². The highest BCUT2D eigenvalue weighted by Crippen LogP contribution is 2.22. The molecule has 0 bridgehead atoms. The molecular weight excluding hydrogens is 270 g/mol. The van der Waals surface area contributed by atoms with Crippen LogP contribution in [0.1, 0.15) is 31.0 Å². The second kappa shape index (κ2) is 7.30. The van der Waals surface area contributed by atoms with E-state index in [0.717, 1.165) is 47.7 Å². The van der Waals surface area contributed by atoms with E-state index in [1.807, 2.05) is 43.3 Å². The zero-order valence-corrected chi connectivity index (χ0v) is 12.8. The maximum Gasteiger partial charge on any atom is 0.119 e. The number of benzene rings is 1. The number of ether oxygens (including phenoxy) is 1. The van der Waals surface area contributed by atoms with E-state index >= 15 is 0 Å². The van der Waals surface area contributed by atoms with Crippen molar-refractivity contribution in [2.45, 2.75) is 32.6 Å². The highest BCUT2D eigenvalue weighted by Gasteiger charge is 2.04. The number of aromatic nitrogens is 1. The lowest BCUT2D eigenvalue weighted by atomic mass is 10.1. The Hall–Kier alpha value is -1.54. The summed E-state index contributed by atoms with van der Waals surface area (Å²) in [5.74, 6) is 1.42. The van der Waals surface area contributed by atoms with Gasteiger partial charge in [0.15, 0.2) is 0 Å². The molecule has 2 rings (SSSR count). The zero-order valence-electron chi connectivity index (χ0n) is 12.0. The first-order chi connectivity index (χ1) is 9.74. The molecule has 1 heterocycles. The Labute approximate surface area is 125 Å². The van der Waals surface area contributed by atoms with Gasteiger partial charge in [-0.3, -0.25) is 4.98 Å².